The molecular weight excluding hydrogens is 332 g/mol. The van der Waals surface area contributed by atoms with E-state index in [1.54, 1.807) is 6.33 Å². The Morgan fingerprint density at radius 2 is 2.09 bits per heavy atom. The van der Waals surface area contributed by atoms with E-state index in [4.69, 9.17) is 11.6 Å². The number of carbonyl (C=O) groups is 1. The second kappa shape index (κ2) is 6.93. The van der Waals surface area contributed by atoms with Crippen molar-refractivity contribution in [1.82, 2.24) is 19.7 Å². The van der Waals surface area contributed by atoms with Gasteiger partial charge in [0.15, 0.2) is 5.16 Å². The predicted octanol–water partition coefficient (Wildman–Crippen LogP) is 3.33. The van der Waals surface area contributed by atoms with Gasteiger partial charge < -0.3 is 4.90 Å². The SMILES string of the molecule is Cc1ccc(-n2cnnc2S[C@@H](C)C(=O)N2CCCC2)cc1Cl. The van der Waals surface area contributed by atoms with E-state index in [0.717, 1.165) is 37.2 Å². The van der Waals surface area contributed by atoms with Gasteiger partial charge in [0, 0.05) is 18.1 Å². The minimum absolute atomic E-state index is 0.170. The molecule has 1 aromatic carbocycles. The number of benzene rings is 1. The first-order valence-electron chi connectivity index (χ1n) is 7.68. The zero-order valence-corrected chi connectivity index (χ0v) is 14.8. The maximum atomic E-state index is 12.4. The molecule has 0 saturated carbocycles. The molecule has 2 aromatic rings. The van der Waals surface area contributed by atoms with Crippen molar-refractivity contribution in [2.24, 2.45) is 0 Å². The quantitative estimate of drug-likeness (QED) is 0.794. The highest BCUT2D eigenvalue weighted by molar-refractivity contribution is 8.00. The fourth-order valence-corrected chi connectivity index (χ4v) is 3.72. The molecule has 0 spiro atoms. The van der Waals surface area contributed by atoms with E-state index in [2.05, 4.69) is 10.2 Å². The fourth-order valence-electron chi connectivity index (χ4n) is 2.62. The van der Waals surface area contributed by atoms with Gasteiger partial charge in [-0.1, -0.05) is 29.4 Å². The topological polar surface area (TPSA) is 51.0 Å². The van der Waals surface area contributed by atoms with Crippen LogP contribution in [0.5, 0.6) is 0 Å². The van der Waals surface area contributed by atoms with Crippen LogP contribution >= 0.6 is 23.4 Å². The number of amides is 1. The lowest BCUT2D eigenvalue weighted by Gasteiger charge is -2.19. The summed E-state index contributed by atoms with van der Waals surface area (Å²) >= 11 is 7.64. The molecule has 5 nitrogen and oxygen atoms in total. The molecule has 3 rings (SSSR count). The number of halogens is 1. The first-order valence-corrected chi connectivity index (χ1v) is 8.94. The van der Waals surface area contributed by atoms with Crippen molar-refractivity contribution in [2.75, 3.05) is 13.1 Å². The van der Waals surface area contributed by atoms with Gasteiger partial charge in [0.2, 0.25) is 5.91 Å². The van der Waals surface area contributed by atoms with Gasteiger partial charge in [-0.05, 0) is 44.4 Å². The van der Waals surface area contributed by atoms with Crippen molar-refractivity contribution in [3.05, 3.63) is 35.1 Å². The smallest absolute Gasteiger partial charge is 0.235 e. The minimum atomic E-state index is -0.183. The van der Waals surface area contributed by atoms with Crippen LogP contribution in [0.25, 0.3) is 5.69 Å². The number of nitrogens with zero attached hydrogens (tertiary/aromatic N) is 4. The van der Waals surface area contributed by atoms with E-state index >= 15 is 0 Å². The molecule has 1 fully saturated rings. The monoisotopic (exact) mass is 350 g/mol. The van der Waals surface area contributed by atoms with Crippen LogP contribution < -0.4 is 0 Å². The third-order valence-corrected chi connectivity index (χ3v) is 5.45. The van der Waals surface area contributed by atoms with Crippen molar-refractivity contribution >= 4 is 29.3 Å². The molecule has 1 aliphatic heterocycles. The standard InChI is InChI=1S/C16H19ClN4OS/c1-11-5-6-13(9-14(11)17)21-10-18-19-16(21)23-12(2)15(22)20-7-3-4-8-20/h5-6,9-10,12H,3-4,7-8H2,1-2H3/t12-/m0/s1. The average Bonchev–Trinajstić information content (AvgIpc) is 3.20. The molecule has 1 amide bonds. The van der Waals surface area contributed by atoms with Crippen LogP contribution in [0.2, 0.25) is 5.02 Å². The first kappa shape index (κ1) is 16.3. The summed E-state index contributed by atoms with van der Waals surface area (Å²) < 4.78 is 1.86. The van der Waals surface area contributed by atoms with Crippen molar-refractivity contribution in [2.45, 2.75) is 37.1 Å². The van der Waals surface area contributed by atoms with Gasteiger partial charge in [-0.25, -0.2) is 0 Å². The number of aromatic nitrogens is 3. The lowest BCUT2D eigenvalue weighted by molar-refractivity contribution is -0.129. The highest BCUT2D eigenvalue weighted by Gasteiger charge is 2.25. The zero-order valence-electron chi connectivity index (χ0n) is 13.2. The number of rotatable bonds is 4. The second-order valence-electron chi connectivity index (χ2n) is 5.71. The molecule has 1 aliphatic rings. The molecule has 122 valence electrons. The molecule has 23 heavy (non-hydrogen) atoms. The number of carbonyl (C=O) groups excluding carboxylic acids is 1. The van der Waals surface area contributed by atoms with Crippen molar-refractivity contribution in [3.8, 4) is 5.69 Å². The maximum absolute atomic E-state index is 12.4. The highest BCUT2D eigenvalue weighted by Crippen LogP contribution is 2.27. The second-order valence-corrected chi connectivity index (χ2v) is 7.42. The molecular formula is C16H19ClN4OS. The fraction of sp³-hybridized carbons (Fsp3) is 0.438. The minimum Gasteiger partial charge on any atom is -0.342 e. The van der Waals surface area contributed by atoms with E-state index in [1.165, 1.54) is 11.8 Å². The Hall–Kier alpha value is -1.53. The number of likely N-dealkylation sites (tertiary alicyclic amines) is 1. The van der Waals surface area contributed by atoms with Crippen LogP contribution in [-0.2, 0) is 4.79 Å². The van der Waals surface area contributed by atoms with Crippen LogP contribution in [0.15, 0.2) is 29.7 Å². The van der Waals surface area contributed by atoms with Crippen molar-refractivity contribution < 1.29 is 4.79 Å². The first-order chi connectivity index (χ1) is 11.1. The van der Waals surface area contributed by atoms with Crippen LogP contribution in [-0.4, -0.2) is 43.9 Å². The van der Waals surface area contributed by atoms with E-state index in [0.29, 0.717) is 10.2 Å². The lowest BCUT2D eigenvalue weighted by Crippen LogP contribution is -2.34. The van der Waals surface area contributed by atoms with Gasteiger partial charge in [-0.2, -0.15) is 0 Å². The molecule has 2 heterocycles. The van der Waals surface area contributed by atoms with Gasteiger partial charge in [0.25, 0.3) is 0 Å². The Balaban J connectivity index is 1.77. The third-order valence-electron chi connectivity index (χ3n) is 4.00. The van der Waals surface area contributed by atoms with E-state index in [-0.39, 0.29) is 11.2 Å². The summed E-state index contributed by atoms with van der Waals surface area (Å²) in [5, 5.41) is 9.36. The highest BCUT2D eigenvalue weighted by atomic mass is 35.5. The van der Waals surface area contributed by atoms with Crippen LogP contribution in [0.1, 0.15) is 25.3 Å². The van der Waals surface area contributed by atoms with Crippen molar-refractivity contribution in [1.29, 1.82) is 0 Å². The summed E-state index contributed by atoms with van der Waals surface area (Å²) in [5.41, 5.74) is 1.92. The Labute approximate surface area is 145 Å². The molecule has 7 heteroatoms. The number of hydrogen-bond donors (Lipinski definition) is 0. The summed E-state index contributed by atoms with van der Waals surface area (Å²) in [6.07, 6.45) is 3.85. The Bertz CT molecular complexity index is 712. The Morgan fingerprint density at radius 3 is 2.78 bits per heavy atom. The predicted molar refractivity (Wildman–Crippen MR) is 92.2 cm³/mol. The summed E-state index contributed by atoms with van der Waals surface area (Å²) in [6.45, 7) is 5.62. The van der Waals surface area contributed by atoms with Gasteiger partial charge >= 0.3 is 0 Å². The van der Waals surface area contributed by atoms with E-state index < -0.39 is 0 Å². The number of aryl methyl sites for hydroxylation is 1. The largest absolute Gasteiger partial charge is 0.342 e. The maximum Gasteiger partial charge on any atom is 0.235 e. The molecule has 0 radical (unpaired) electrons. The Kier molecular flexibility index (Phi) is 4.92. The number of thioether (sulfide) groups is 1. The zero-order chi connectivity index (χ0) is 16.4. The molecule has 0 aliphatic carbocycles. The molecule has 1 saturated heterocycles. The van der Waals surface area contributed by atoms with Crippen molar-refractivity contribution in [3.63, 3.8) is 0 Å². The van der Waals surface area contributed by atoms with E-state index in [9.17, 15) is 4.79 Å². The van der Waals surface area contributed by atoms with Gasteiger partial charge in [0.1, 0.15) is 6.33 Å². The lowest BCUT2D eigenvalue weighted by atomic mass is 10.2. The molecule has 0 N–H and O–H groups in total. The summed E-state index contributed by atoms with van der Waals surface area (Å²) in [7, 11) is 0. The third kappa shape index (κ3) is 3.53. The number of hydrogen-bond acceptors (Lipinski definition) is 4. The summed E-state index contributed by atoms with van der Waals surface area (Å²) in [5.74, 6) is 0.170. The molecule has 1 atom stereocenters. The summed E-state index contributed by atoms with van der Waals surface area (Å²) in [6, 6.07) is 5.82. The molecule has 0 bridgehead atoms. The van der Waals surface area contributed by atoms with Crippen LogP contribution in [0.4, 0.5) is 0 Å². The van der Waals surface area contributed by atoms with Crippen LogP contribution in [0, 0.1) is 6.92 Å². The van der Waals surface area contributed by atoms with E-state index in [1.807, 2.05) is 41.5 Å². The normalized spacial score (nSPS) is 15.9. The average molecular weight is 351 g/mol. The summed E-state index contributed by atoms with van der Waals surface area (Å²) in [4.78, 5) is 14.4. The van der Waals surface area contributed by atoms with Crippen LogP contribution in [0.3, 0.4) is 0 Å². The van der Waals surface area contributed by atoms with Gasteiger partial charge in [0.05, 0.1) is 10.9 Å². The van der Waals surface area contributed by atoms with Gasteiger partial charge in [-0.15, -0.1) is 10.2 Å². The Morgan fingerprint density at radius 1 is 1.35 bits per heavy atom. The van der Waals surface area contributed by atoms with Gasteiger partial charge in [-0.3, -0.25) is 9.36 Å². The molecule has 1 aromatic heterocycles. The molecule has 0 unspecified atom stereocenters.